The van der Waals surface area contributed by atoms with Crippen molar-refractivity contribution in [2.45, 2.75) is 25.8 Å². The van der Waals surface area contributed by atoms with Gasteiger partial charge in [-0.2, -0.15) is 10.2 Å². The molecule has 4 rings (SSSR count). The Balaban J connectivity index is 1.75. The van der Waals surface area contributed by atoms with Gasteiger partial charge < -0.3 is 10.2 Å². The first-order valence-electron chi connectivity index (χ1n) is 7.81. The molecule has 1 aromatic heterocycles. The zero-order valence-electron chi connectivity index (χ0n) is 12.2. The van der Waals surface area contributed by atoms with Crippen LogP contribution in [0, 0.1) is 0 Å². The van der Waals surface area contributed by atoms with Crippen molar-refractivity contribution in [1.29, 1.82) is 0 Å². The van der Waals surface area contributed by atoms with E-state index in [1.54, 1.807) is 0 Å². The van der Waals surface area contributed by atoms with Crippen LogP contribution in [0.15, 0.2) is 30.5 Å². The highest BCUT2D eigenvalue weighted by Crippen LogP contribution is 2.29. The molecular weight excluding hydrogens is 260 g/mol. The highest BCUT2D eigenvalue weighted by atomic mass is 15.2. The number of fused-ring (bicyclic) bond motifs is 1. The molecule has 1 fully saturated rings. The molecule has 4 heteroatoms. The van der Waals surface area contributed by atoms with Crippen LogP contribution in [0.3, 0.4) is 0 Å². The molecule has 3 heterocycles. The van der Waals surface area contributed by atoms with Crippen LogP contribution in [0.2, 0.25) is 0 Å². The lowest BCUT2D eigenvalue weighted by atomic mass is 9.93. The molecule has 1 aromatic carbocycles. The Morgan fingerprint density at radius 1 is 1.14 bits per heavy atom. The summed E-state index contributed by atoms with van der Waals surface area (Å²) >= 11 is 0. The summed E-state index contributed by atoms with van der Waals surface area (Å²) in [7, 11) is 0. The van der Waals surface area contributed by atoms with Gasteiger partial charge in [-0.1, -0.05) is 18.2 Å². The molecule has 0 bridgehead atoms. The predicted octanol–water partition coefficient (Wildman–Crippen LogP) is 2.39. The second kappa shape index (κ2) is 5.45. The first-order chi connectivity index (χ1) is 10.4. The standard InChI is InChI=1S/C17H20N4/c1-2-9-21(8-1)14-10-17(20-19-12-14)16-5-3-4-13-11-18-7-6-15(13)16/h3-5,10,12,18H,1-2,6-9,11H2. The quantitative estimate of drug-likeness (QED) is 0.917. The van der Waals surface area contributed by atoms with Crippen LogP contribution >= 0.6 is 0 Å². The highest BCUT2D eigenvalue weighted by Gasteiger charge is 2.17. The van der Waals surface area contributed by atoms with Crippen LogP contribution in [-0.2, 0) is 13.0 Å². The third-order valence-electron chi connectivity index (χ3n) is 4.53. The van der Waals surface area contributed by atoms with E-state index >= 15 is 0 Å². The highest BCUT2D eigenvalue weighted by molar-refractivity contribution is 5.68. The molecule has 0 aliphatic carbocycles. The molecule has 0 spiro atoms. The maximum Gasteiger partial charge on any atom is 0.0953 e. The topological polar surface area (TPSA) is 41.1 Å². The van der Waals surface area contributed by atoms with E-state index in [9.17, 15) is 0 Å². The van der Waals surface area contributed by atoms with Gasteiger partial charge in [0.2, 0.25) is 0 Å². The van der Waals surface area contributed by atoms with Crippen LogP contribution in [0.5, 0.6) is 0 Å². The lowest BCUT2D eigenvalue weighted by molar-refractivity contribution is 0.644. The Hall–Kier alpha value is -1.94. The first kappa shape index (κ1) is 12.8. The molecule has 0 saturated carbocycles. The van der Waals surface area contributed by atoms with E-state index in [4.69, 9.17) is 0 Å². The third-order valence-corrected chi connectivity index (χ3v) is 4.53. The van der Waals surface area contributed by atoms with Crippen molar-refractivity contribution in [3.8, 4) is 11.3 Å². The second-order valence-electron chi connectivity index (χ2n) is 5.86. The minimum Gasteiger partial charge on any atom is -0.370 e. The van der Waals surface area contributed by atoms with Gasteiger partial charge in [0.05, 0.1) is 17.6 Å². The lowest BCUT2D eigenvalue weighted by Crippen LogP contribution is -2.24. The van der Waals surface area contributed by atoms with Crippen molar-refractivity contribution in [2.24, 2.45) is 0 Å². The lowest BCUT2D eigenvalue weighted by Gasteiger charge is -2.21. The van der Waals surface area contributed by atoms with Gasteiger partial charge in [0.1, 0.15) is 0 Å². The molecule has 2 aliphatic rings. The Labute approximate surface area is 125 Å². The second-order valence-corrected chi connectivity index (χ2v) is 5.86. The summed E-state index contributed by atoms with van der Waals surface area (Å²) in [6.45, 7) is 4.29. The van der Waals surface area contributed by atoms with E-state index in [1.165, 1.54) is 35.2 Å². The summed E-state index contributed by atoms with van der Waals surface area (Å²) in [5, 5.41) is 12.1. The third kappa shape index (κ3) is 2.40. The molecule has 2 aliphatic heterocycles. The van der Waals surface area contributed by atoms with Crippen LogP contribution in [0.25, 0.3) is 11.3 Å². The van der Waals surface area contributed by atoms with E-state index in [0.29, 0.717) is 0 Å². The molecule has 0 unspecified atom stereocenters. The smallest absolute Gasteiger partial charge is 0.0953 e. The molecule has 0 amide bonds. The van der Waals surface area contributed by atoms with Crippen molar-refractivity contribution < 1.29 is 0 Å². The zero-order valence-corrected chi connectivity index (χ0v) is 12.2. The fourth-order valence-corrected chi connectivity index (χ4v) is 3.41. The Bertz CT molecular complexity index is 647. The van der Waals surface area contributed by atoms with E-state index in [1.807, 2.05) is 6.20 Å². The number of nitrogens with zero attached hydrogens (tertiary/aromatic N) is 3. The van der Waals surface area contributed by atoms with E-state index in [0.717, 1.165) is 38.3 Å². The monoisotopic (exact) mass is 280 g/mol. The van der Waals surface area contributed by atoms with Crippen LogP contribution in [-0.4, -0.2) is 29.8 Å². The number of benzene rings is 1. The van der Waals surface area contributed by atoms with Crippen molar-refractivity contribution in [3.05, 3.63) is 41.6 Å². The van der Waals surface area contributed by atoms with Crippen LogP contribution < -0.4 is 10.2 Å². The first-order valence-corrected chi connectivity index (χ1v) is 7.81. The van der Waals surface area contributed by atoms with Gasteiger partial charge in [0.25, 0.3) is 0 Å². The number of nitrogens with one attached hydrogen (secondary N) is 1. The summed E-state index contributed by atoms with van der Waals surface area (Å²) in [5.41, 5.74) is 6.31. The number of anilines is 1. The summed E-state index contributed by atoms with van der Waals surface area (Å²) < 4.78 is 0. The number of hydrogen-bond acceptors (Lipinski definition) is 4. The van der Waals surface area contributed by atoms with Crippen molar-refractivity contribution >= 4 is 5.69 Å². The predicted molar refractivity (Wildman–Crippen MR) is 84.3 cm³/mol. The Morgan fingerprint density at radius 2 is 2.05 bits per heavy atom. The van der Waals surface area contributed by atoms with Crippen LogP contribution in [0.1, 0.15) is 24.0 Å². The van der Waals surface area contributed by atoms with Crippen molar-refractivity contribution in [2.75, 3.05) is 24.5 Å². The van der Waals surface area contributed by atoms with Gasteiger partial charge in [-0.3, -0.25) is 0 Å². The van der Waals surface area contributed by atoms with E-state index in [2.05, 4.69) is 44.7 Å². The molecule has 1 N–H and O–H groups in total. The maximum atomic E-state index is 4.39. The SMILES string of the molecule is c1cc2c(c(-c3cc(N4CCCC4)cnn3)c1)CCNC2. The number of rotatable bonds is 2. The Kier molecular flexibility index (Phi) is 3.31. The van der Waals surface area contributed by atoms with E-state index in [-0.39, 0.29) is 0 Å². The van der Waals surface area contributed by atoms with Gasteiger partial charge in [-0.15, -0.1) is 0 Å². The summed E-state index contributed by atoms with van der Waals surface area (Å²) in [6, 6.07) is 8.73. The minimum absolute atomic E-state index is 0.961. The van der Waals surface area contributed by atoms with Gasteiger partial charge in [0, 0.05) is 25.2 Å². The summed E-state index contributed by atoms with van der Waals surface area (Å²) in [5.74, 6) is 0. The molecule has 108 valence electrons. The molecule has 21 heavy (non-hydrogen) atoms. The molecule has 0 atom stereocenters. The average Bonchev–Trinajstić information content (AvgIpc) is 3.09. The molecule has 4 nitrogen and oxygen atoms in total. The average molecular weight is 280 g/mol. The number of aromatic nitrogens is 2. The van der Waals surface area contributed by atoms with Gasteiger partial charge >= 0.3 is 0 Å². The van der Waals surface area contributed by atoms with Crippen molar-refractivity contribution in [3.63, 3.8) is 0 Å². The van der Waals surface area contributed by atoms with Crippen LogP contribution in [0.4, 0.5) is 5.69 Å². The normalized spacial score (nSPS) is 17.8. The zero-order chi connectivity index (χ0) is 14.1. The summed E-state index contributed by atoms with van der Waals surface area (Å²) in [4.78, 5) is 2.41. The minimum atomic E-state index is 0.961. The summed E-state index contributed by atoms with van der Waals surface area (Å²) in [6.07, 6.45) is 5.53. The van der Waals surface area contributed by atoms with Crippen molar-refractivity contribution in [1.82, 2.24) is 15.5 Å². The van der Waals surface area contributed by atoms with Gasteiger partial charge in [-0.05, 0) is 43.0 Å². The molecule has 0 radical (unpaired) electrons. The largest absolute Gasteiger partial charge is 0.370 e. The molecule has 1 saturated heterocycles. The molecular formula is C17H20N4. The fourth-order valence-electron chi connectivity index (χ4n) is 3.41. The Morgan fingerprint density at radius 3 is 2.95 bits per heavy atom. The number of hydrogen-bond donors (Lipinski definition) is 1. The van der Waals surface area contributed by atoms with E-state index < -0.39 is 0 Å². The molecule has 2 aromatic rings. The van der Waals surface area contributed by atoms with Gasteiger partial charge in [0.15, 0.2) is 0 Å². The maximum absolute atomic E-state index is 4.39. The van der Waals surface area contributed by atoms with Gasteiger partial charge in [-0.25, -0.2) is 0 Å². The fraction of sp³-hybridized carbons (Fsp3) is 0.412.